The fourth-order valence-electron chi connectivity index (χ4n) is 2.20. The van der Waals surface area contributed by atoms with Gasteiger partial charge in [0.1, 0.15) is 0 Å². The number of phosphoric ester groups is 1. The molecule has 0 fully saturated rings. The molecule has 0 atom stereocenters. The second-order valence-electron chi connectivity index (χ2n) is 6.49. The average Bonchev–Trinajstić information content (AvgIpc) is 2.62. The van der Waals surface area contributed by atoms with Crippen LogP contribution >= 0.6 is 7.82 Å². The Labute approximate surface area is 152 Å². The van der Waals surface area contributed by atoms with E-state index in [9.17, 15) is 4.57 Å². The molecule has 0 aromatic heterocycles. The lowest BCUT2D eigenvalue weighted by Gasteiger charge is -2.24. The molecule has 4 nitrogen and oxygen atoms in total. The highest BCUT2D eigenvalue weighted by Gasteiger charge is 2.25. The molecule has 0 amide bonds. The molecule has 0 spiro atoms. The summed E-state index contributed by atoms with van der Waals surface area (Å²) in [6.45, 7) is 14.3. The Kier molecular flexibility index (Phi) is 9.37. The monoisotopic (exact) mass is 366 g/mol. The summed E-state index contributed by atoms with van der Waals surface area (Å²) in [6.07, 6.45) is 5.68. The summed E-state index contributed by atoms with van der Waals surface area (Å²) in [6, 6.07) is 8.61. The van der Waals surface area contributed by atoms with Crippen molar-refractivity contribution in [3.63, 3.8) is 0 Å². The van der Waals surface area contributed by atoms with E-state index in [1.807, 2.05) is 0 Å². The molecule has 1 rings (SSSR count). The molecule has 140 valence electrons. The van der Waals surface area contributed by atoms with Gasteiger partial charge >= 0.3 is 7.82 Å². The van der Waals surface area contributed by atoms with Gasteiger partial charge in [0.25, 0.3) is 0 Å². The van der Waals surface area contributed by atoms with Gasteiger partial charge in [-0.15, -0.1) is 13.2 Å². The zero-order valence-corrected chi connectivity index (χ0v) is 16.6. The van der Waals surface area contributed by atoms with E-state index < -0.39 is 7.82 Å². The maximum atomic E-state index is 12.4. The molecular weight excluding hydrogens is 335 g/mol. The fraction of sp³-hybridized carbons (Fsp3) is 0.500. The maximum absolute atomic E-state index is 12.4. The minimum absolute atomic E-state index is 0.114. The molecule has 0 N–H and O–H groups in total. The van der Waals surface area contributed by atoms with E-state index in [1.165, 1.54) is 23.3 Å². The number of hydrogen-bond acceptors (Lipinski definition) is 4. The van der Waals surface area contributed by atoms with Crippen LogP contribution in [0.25, 0.3) is 0 Å². The van der Waals surface area contributed by atoms with Gasteiger partial charge in [-0.3, -0.25) is 13.6 Å². The minimum Gasteiger partial charge on any atom is -0.287 e. The molecule has 0 radical (unpaired) electrons. The molecule has 0 aliphatic heterocycles. The summed E-state index contributed by atoms with van der Waals surface area (Å²) in [5, 5.41) is 0. The predicted molar refractivity (Wildman–Crippen MR) is 104 cm³/mol. The fourth-order valence-corrected chi connectivity index (χ4v) is 3.36. The number of phosphoric acid groups is 1. The number of hydrogen-bond donors (Lipinski definition) is 0. The third-order valence-corrected chi connectivity index (χ3v) is 5.58. The molecule has 5 heteroatoms. The van der Waals surface area contributed by atoms with Gasteiger partial charge in [-0.25, -0.2) is 4.57 Å². The Morgan fingerprint density at radius 2 is 1.76 bits per heavy atom. The summed E-state index contributed by atoms with van der Waals surface area (Å²) < 4.78 is 28.1. The molecule has 1 aromatic rings. The van der Waals surface area contributed by atoms with Crippen LogP contribution in [0, 0.1) is 0 Å². The SMILES string of the molecule is C=CCOP(=O)(OCC=C)OCCCc1cccc(C(C)(C)CC)c1. The summed E-state index contributed by atoms with van der Waals surface area (Å²) >= 11 is 0. The summed E-state index contributed by atoms with van der Waals surface area (Å²) in [7, 11) is -3.56. The van der Waals surface area contributed by atoms with Crippen LogP contribution in [0.2, 0.25) is 0 Å². The van der Waals surface area contributed by atoms with Crippen LogP contribution in [-0.2, 0) is 30.0 Å². The van der Waals surface area contributed by atoms with Gasteiger partial charge in [0.15, 0.2) is 0 Å². The second-order valence-corrected chi connectivity index (χ2v) is 8.16. The van der Waals surface area contributed by atoms with Gasteiger partial charge in [-0.05, 0) is 35.8 Å². The smallest absolute Gasteiger partial charge is 0.287 e. The lowest BCUT2D eigenvalue weighted by atomic mass is 9.81. The largest absolute Gasteiger partial charge is 0.475 e. The predicted octanol–water partition coefficient (Wildman–Crippen LogP) is 5.84. The standard InChI is InChI=1S/C20H31O4P/c1-6-14-22-25(21,23-15-7-2)24-16-10-12-18-11-9-13-19(17-18)20(4,5)8-3/h6-7,9,11,13,17H,1-2,8,10,12,14-16H2,3-5H3. The molecule has 25 heavy (non-hydrogen) atoms. The second kappa shape index (κ2) is 10.7. The molecular formula is C20H31O4P. The molecule has 0 aliphatic rings. The van der Waals surface area contributed by atoms with E-state index in [0.29, 0.717) is 6.61 Å². The topological polar surface area (TPSA) is 44.8 Å². The van der Waals surface area contributed by atoms with Crippen molar-refractivity contribution in [2.24, 2.45) is 0 Å². The normalized spacial score (nSPS) is 12.1. The molecule has 0 saturated heterocycles. The van der Waals surface area contributed by atoms with Crippen LogP contribution in [-0.4, -0.2) is 19.8 Å². The number of rotatable bonds is 13. The van der Waals surface area contributed by atoms with E-state index in [4.69, 9.17) is 13.6 Å². The number of benzene rings is 1. The Hall–Kier alpha value is -1.19. The molecule has 0 unspecified atom stereocenters. The van der Waals surface area contributed by atoms with Gasteiger partial charge < -0.3 is 0 Å². The quantitative estimate of drug-likeness (QED) is 0.250. The zero-order chi connectivity index (χ0) is 18.8. The van der Waals surface area contributed by atoms with Gasteiger partial charge in [-0.2, -0.15) is 0 Å². The minimum atomic E-state index is -3.56. The average molecular weight is 366 g/mol. The molecule has 0 aliphatic carbocycles. The summed E-state index contributed by atoms with van der Waals surface area (Å²) in [5.74, 6) is 0. The summed E-state index contributed by atoms with van der Waals surface area (Å²) in [4.78, 5) is 0. The van der Waals surface area contributed by atoms with E-state index >= 15 is 0 Å². The van der Waals surface area contributed by atoms with Crippen LogP contribution in [0.15, 0.2) is 49.6 Å². The van der Waals surface area contributed by atoms with Crippen molar-refractivity contribution < 1.29 is 18.1 Å². The van der Waals surface area contributed by atoms with Crippen LogP contribution < -0.4 is 0 Å². The first kappa shape index (κ1) is 21.9. The first-order valence-corrected chi connectivity index (χ1v) is 10.2. The van der Waals surface area contributed by atoms with Crippen molar-refractivity contribution in [2.75, 3.05) is 19.8 Å². The Balaban J connectivity index is 2.55. The highest BCUT2D eigenvalue weighted by molar-refractivity contribution is 7.48. The van der Waals surface area contributed by atoms with E-state index in [-0.39, 0.29) is 18.6 Å². The van der Waals surface area contributed by atoms with Crippen LogP contribution in [0.5, 0.6) is 0 Å². The molecule has 1 aromatic carbocycles. The van der Waals surface area contributed by atoms with Crippen molar-refractivity contribution in [1.29, 1.82) is 0 Å². The third kappa shape index (κ3) is 7.70. The highest BCUT2D eigenvalue weighted by atomic mass is 31.2. The first-order valence-electron chi connectivity index (χ1n) is 8.71. The maximum Gasteiger partial charge on any atom is 0.475 e. The van der Waals surface area contributed by atoms with E-state index in [2.05, 4.69) is 58.2 Å². The lowest BCUT2D eigenvalue weighted by Crippen LogP contribution is -2.15. The van der Waals surface area contributed by atoms with Crippen molar-refractivity contribution >= 4 is 7.82 Å². The van der Waals surface area contributed by atoms with Crippen molar-refractivity contribution in [1.82, 2.24) is 0 Å². The number of aryl methyl sites for hydroxylation is 1. The Morgan fingerprint density at radius 3 is 2.32 bits per heavy atom. The third-order valence-electron chi connectivity index (χ3n) is 4.15. The lowest BCUT2D eigenvalue weighted by molar-refractivity contribution is 0.130. The van der Waals surface area contributed by atoms with Crippen LogP contribution in [0.4, 0.5) is 0 Å². The zero-order valence-electron chi connectivity index (χ0n) is 15.7. The molecule has 0 saturated carbocycles. The van der Waals surface area contributed by atoms with Gasteiger partial charge in [0, 0.05) is 0 Å². The van der Waals surface area contributed by atoms with Crippen molar-refractivity contribution in [3.05, 3.63) is 60.7 Å². The van der Waals surface area contributed by atoms with Gasteiger partial charge in [-0.1, -0.05) is 57.2 Å². The highest BCUT2D eigenvalue weighted by Crippen LogP contribution is 2.49. The van der Waals surface area contributed by atoms with Crippen molar-refractivity contribution in [2.45, 2.75) is 45.4 Å². The van der Waals surface area contributed by atoms with Gasteiger partial charge in [0.05, 0.1) is 19.8 Å². The molecule has 0 heterocycles. The first-order chi connectivity index (χ1) is 11.9. The summed E-state index contributed by atoms with van der Waals surface area (Å²) in [5.41, 5.74) is 2.75. The molecule has 0 bridgehead atoms. The van der Waals surface area contributed by atoms with Crippen molar-refractivity contribution in [3.8, 4) is 0 Å². The van der Waals surface area contributed by atoms with E-state index in [1.54, 1.807) is 0 Å². The van der Waals surface area contributed by atoms with Gasteiger partial charge in [0.2, 0.25) is 0 Å². The van der Waals surface area contributed by atoms with Crippen LogP contribution in [0.3, 0.4) is 0 Å². The van der Waals surface area contributed by atoms with Crippen LogP contribution in [0.1, 0.15) is 44.7 Å². The van der Waals surface area contributed by atoms with E-state index in [0.717, 1.165) is 19.3 Å². The Morgan fingerprint density at radius 1 is 1.12 bits per heavy atom. The Bertz CT molecular complexity index is 579.